The van der Waals surface area contributed by atoms with Crippen LogP contribution in [0.4, 0.5) is 0 Å². The number of hydrogen-bond donors (Lipinski definition) is 0. The van der Waals surface area contributed by atoms with Gasteiger partial charge in [0.1, 0.15) is 5.75 Å². The standard InChI is InChI=1S/C15H19BrN2O5S/c1-21-12-7-10-8-17-18(13-5-3-4-6-22-13)15(10)11(14(12)16)9-23-24(2,19)20/h7-8,13H,3-6,9H2,1-2H3. The predicted octanol–water partition coefficient (Wildman–Crippen LogP) is 2.98. The summed E-state index contributed by atoms with van der Waals surface area (Å²) in [5, 5.41) is 5.29. The lowest BCUT2D eigenvalue weighted by Gasteiger charge is -2.24. The Morgan fingerprint density at radius 2 is 2.25 bits per heavy atom. The number of halogens is 1. The summed E-state index contributed by atoms with van der Waals surface area (Å²) in [6, 6.07) is 1.86. The Bertz CT molecular complexity index is 843. The van der Waals surface area contributed by atoms with Crippen molar-refractivity contribution in [3.05, 3.63) is 22.3 Å². The molecule has 0 spiro atoms. The molecule has 9 heteroatoms. The van der Waals surface area contributed by atoms with Crippen LogP contribution in [0.3, 0.4) is 0 Å². The minimum Gasteiger partial charge on any atom is -0.496 e. The van der Waals surface area contributed by atoms with Crippen LogP contribution in [0.1, 0.15) is 31.1 Å². The zero-order chi connectivity index (χ0) is 17.3. The Balaban J connectivity index is 2.12. The number of benzene rings is 1. The first kappa shape index (κ1) is 17.7. The molecule has 1 atom stereocenters. The molecule has 24 heavy (non-hydrogen) atoms. The fourth-order valence-corrected chi connectivity index (χ4v) is 3.74. The lowest BCUT2D eigenvalue weighted by Crippen LogP contribution is -2.19. The van der Waals surface area contributed by atoms with Crippen molar-refractivity contribution in [1.29, 1.82) is 0 Å². The quantitative estimate of drug-likeness (QED) is 0.694. The van der Waals surface area contributed by atoms with E-state index in [4.69, 9.17) is 13.7 Å². The van der Waals surface area contributed by atoms with E-state index < -0.39 is 10.1 Å². The van der Waals surface area contributed by atoms with Gasteiger partial charge in [0.15, 0.2) is 6.23 Å². The third-order valence-corrected chi connectivity index (χ3v) is 5.36. The smallest absolute Gasteiger partial charge is 0.264 e. The first-order valence-electron chi connectivity index (χ1n) is 7.59. The van der Waals surface area contributed by atoms with Gasteiger partial charge in [-0.1, -0.05) is 0 Å². The van der Waals surface area contributed by atoms with Crippen molar-refractivity contribution in [3.63, 3.8) is 0 Å². The van der Waals surface area contributed by atoms with Crippen LogP contribution in [-0.2, 0) is 25.6 Å². The van der Waals surface area contributed by atoms with Gasteiger partial charge in [-0.15, -0.1) is 0 Å². The summed E-state index contributed by atoms with van der Waals surface area (Å²) in [5.74, 6) is 0.596. The van der Waals surface area contributed by atoms with Crippen LogP contribution in [-0.4, -0.2) is 38.2 Å². The van der Waals surface area contributed by atoms with E-state index in [0.29, 0.717) is 22.4 Å². The molecule has 0 bridgehead atoms. The average molecular weight is 419 g/mol. The van der Waals surface area contributed by atoms with Crippen molar-refractivity contribution < 1.29 is 22.1 Å². The van der Waals surface area contributed by atoms with Gasteiger partial charge in [-0.2, -0.15) is 13.5 Å². The van der Waals surface area contributed by atoms with Crippen LogP contribution in [0.25, 0.3) is 10.9 Å². The van der Waals surface area contributed by atoms with E-state index in [0.717, 1.165) is 36.4 Å². The molecule has 1 aromatic heterocycles. The number of nitrogens with zero attached hydrogens (tertiary/aromatic N) is 2. The van der Waals surface area contributed by atoms with Crippen molar-refractivity contribution in [2.75, 3.05) is 20.0 Å². The van der Waals surface area contributed by atoms with Gasteiger partial charge in [-0.3, -0.25) is 4.18 Å². The molecule has 1 unspecified atom stereocenters. The summed E-state index contributed by atoms with van der Waals surface area (Å²) < 4.78 is 41.5. The highest BCUT2D eigenvalue weighted by atomic mass is 79.9. The van der Waals surface area contributed by atoms with E-state index in [9.17, 15) is 8.42 Å². The molecule has 0 saturated carbocycles. The second kappa shape index (κ2) is 6.99. The van der Waals surface area contributed by atoms with Gasteiger partial charge in [0.2, 0.25) is 0 Å². The monoisotopic (exact) mass is 418 g/mol. The van der Waals surface area contributed by atoms with Gasteiger partial charge in [-0.25, -0.2) is 4.68 Å². The van der Waals surface area contributed by atoms with Crippen LogP contribution in [0, 0.1) is 0 Å². The molecule has 1 aliphatic heterocycles. The summed E-state index contributed by atoms with van der Waals surface area (Å²) in [7, 11) is -2.01. The minimum atomic E-state index is -3.57. The van der Waals surface area contributed by atoms with Crippen molar-refractivity contribution in [3.8, 4) is 5.75 Å². The molecular formula is C15H19BrN2O5S. The second-order valence-electron chi connectivity index (χ2n) is 5.69. The van der Waals surface area contributed by atoms with E-state index in [1.54, 1.807) is 18.0 Å². The SMILES string of the molecule is COc1cc2cnn(C3CCCCO3)c2c(COS(C)(=O)=O)c1Br. The Labute approximate surface area is 149 Å². The minimum absolute atomic E-state index is 0.106. The lowest BCUT2D eigenvalue weighted by molar-refractivity contribution is -0.0367. The van der Waals surface area contributed by atoms with Crippen LogP contribution < -0.4 is 4.74 Å². The molecule has 1 fully saturated rings. The second-order valence-corrected chi connectivity index (χ2v) is 8.12. The number of aromatic nitrogens is 2. The molecule has 0 amide bonds. The molecule has 7 nitrogen and oxygen atoms in total. The van der Waals surface area contributed by atoms with Crippen molar-refractivity contribution in [1.82, 2.24) is 9.78 Å². The van der Waals surface area contributed by atoms with Crippen LogP contribution in [0.5, 0.6) is 5.75 Å². The van der Waals surface area contributed by atoms with Crippen LogP contribution >= 0.6 is 15.9 Å². The van der Waals surface area contributed by atoms with Gasteiger partial charge in [0, 0.05) is 17.6 Å². The Kier molecular flexibility index (Phi) is 5.14. The maximum atomic E-state index is 11.4. The highest BCUT2D eigenvalue weighted by Crippen LogP contribution is 2.38. The first-order valence-corrected chi connectivity index (χ1v) is 10.2. The molecule has 0 N–H and O–H groups in total. The largest absolute Gasteiger partial charge is 0.496 e. The van der Waals surface area contributed by atoms with Crippen molar-refractivity contribution >= 4 is 37.0 Å². The van der Waals surface area contributed by atoms with Crippen LogP contribution in [0.15, 0.2) is 16.7 Å². The van der Waals surface area contributed by atoms with Gasteiger partial charge >= 0.3 is 0 Å². The number of ether oxygens (including phenoxy) is 2. The van der Waals surface area contributed by atoms with Gasteiger partial charge < -0.3 is 9.47 Å². The van der Waals surface area contributed by atoms with E-state index in [1.807, 2.05) is 6.07 Å². The summed E-state index contributed by atoms with van der Waals surface area (Å²) >= 11 is 3.49. The Hall–Kier alpha value is -1.16. The number of hydrogen-bond acceptors (Lipinski definition) is 6. The molecule has 0 aliphatic carbocycles. The van der Waals surface area contributed by atoms with Gasteiger partial charge in [0.05, 0.1) is 36.2 Å². The van der Waals surface area contributed by atoms with Crippen molar-refractivity contribution in [2.24, 2.45) is 0 Å². The number of fused-ring (bicyclic) bond motifs is 1. The zero-order valence-corrected chi connectivity index (χ0v) is 15.9. The normalized spacial score (nSPS) is 18.9. The maximum Gasteiger partial charge on any atom is 0.264 e. The molecule has 132 valence electrons. The first-order chi connectivity index (χ1) is 11.4. The molecule has 3 rings (SSSR count). The predicted molar refractivity (Wildman–Crippen MR) is 92.5 cm³/mol. The maximum absolute atomic E-state index is 11.4. The lowest BCUT2D eigenvalue weighted by atomic mass is 10.1. The van der Waals surface area contributed by atoms with Crippen molar-refractivity contribution in [2.45, 2.75) is 32.1 Å². The molecule has 1 aromatic carbocycles. The van der Waals surface area contributed by atoms with Gasteiger partial charge in [0.25, 0.3) is 10.1 Å². The molecule has 1 aliphatic rings. The Morgan fingerprint density at radius 1 is 1.46 bits per heavy atom. The summed E-state index contributed by atoms with van der Waals surface area (Å²) in [6.45, 7) is 0.587. The number of methoxy groups -OCH3 is 1. The fraction of sp³-hybridized carbons (Fsp3) is 0.533. The third-order valence-electron chi connectivity index (χ3n) is 3.94. The molecule has 2 heterocycles. The Morgan fingerprint density at radius 3 is 2.88 bits per heavy atom. The third kappa shape index (κ3) is 3.58. The highest BCUT2D eigenvalue weighted by molar-refractivity contribution is 9.10. The summed E-state index contributed by atoms with van der Waals surface area (Å²) in [4.78, 5) is 0. The van der Waals surface area contributed by atoms with Gasteiger partial charge in [-0.05, 0) is 41.3 Å². The summed E-state index contributed by atoms with van der Waals surface area (Å²) in [6.07, 6.45) is 5.57. The molecule has 0 radical (unpaired) electrons. The van der Waals surface area contributed by atoms with E-state index >= 15 is 0 Å². The van der Waals surface area contributed by atoms with E-state index in [-0.39, 0.29) is 12.8 Å². The van der Waals surface area contributed by atoms with E-state index in [1.165, 1.54) is 0 Å². The summed E-state index contributed by atoms with van der Waals surface area (Å²) in [5.41, 5.74) is 1.46. The van der Waals surface area contributed by atoms with E-state index in [2.05, 4.69) is 21.0 Å². The fourth-order valence-electron chi connectivity index (χ4n) is 2.83. The number of rotatable bonds is 5. The highest BCUT2D eigenvalue weighted by Gasteiger charge is 2.23. The van der Waals surface area contributed by atoms with Crippen LogP contribution in [0.2, 0.25) is 0 Å². The molecule has 2 aromatic rings. The molecular weight excluding hydrogens is 400 g/mol. The molecule has 1 saturated heterocycles. The average Bonchev–Trinajstić information content (AvgIpc) is 2.97. The zero-order valence-electron chi connectivity index (χ0n) is 13.5. The topological polar surface area (TPSA) is 79.7 Å².